The number of hydrogen-bond acceptors (Lipinski definition) is 4. The summed E-state index contributed by atoms with van der Waals surface area (Å²) < 4.78 is 5.93. The number of amides is 2. The quantitative estimate of drug-likeness (QED) is 0.458. The minimum Gasteiger partial charge on any atom is -0.481 e. The summed E-state index contributed by atoms with van der Waals surface area (Å²) in [5, 5.41) is 14.7. The molecule has 7 heteroatoms. The maximum Gasteiger partial charge on any atom is 0.304 e. The third kappa shape index (κ3) is 5.92. The summed E-state index contributed by atoms with van der Waals surface area (Å²) in [7, 11) is 1.49. The van der Waals surface area contributed by atoms with Crippen LogP contribution in [0.3, 0.4) is 0 Å². The van der Waals surface area contributed by atoms with Gasteiger partial charge in [0.25, 0.3) is 0 Å². The minimum atomic E-state index is -1.14. The number of carboxylic acids is 1. The van der Waals surface area contributed by atoms with Gasteiger partial charge in [0.2, 0.25) is 11.8 Å². The standard InChI is InChI=1S/C27H30N2O5/c1-27(2,3)24(26(33)28-4)29-25(32)20(16-23(30)31)22-15-14-21(34-22)19-12-10-18(11-13-19)17-8-6-5-7-9-17/h5-15,20,24H,16H2,1-4H3,(H,28,33)(H,29,32)(H,30,31). The number of carboxylic acid groups (broad SMARTS) is 1. The molecule has 0 fully saturated rings. The molecule has 2 amide bonds. The number of benzene rings is 2. The Bertz CT molecular complexity index is 1140. The summed E-state index contributed by atoms with van der Waals surface area (Å²) in [5.41, 5.74) is 2.38. The van der Waals surface area contributed by atoms with E-state index in [9.17, 15) is 19.5 Å². The smallest absolute Gasteiger partial charge is 0.304 e. The van der Waals surface area contributed by atoms with E-state index in [-0.39, 0.29) is 11.7 Å². The predicted octanol–water partition coefficient (Wildman–Crippen LogP) is 4.45. The molecular weight excluding hydrogens is 432 g/mol. The maximum atomic E-state index is 13.1. The van der Waals surface area contributed by atoms with Crippen molar-refractivity contribution in [2.24, 2.45) is 5.41 Å². The Balaban J connectivity index is 1.84. The van der Waals surface area contributed by atoms with Crippen LogP contribution in [-0.2, 0) is 14.4 Å². The number of rotatable bonds is 8. The highest BCUT2D eigenvalue weighted by Crippen LogP contribution is 2.31. The summed E-state index contributed by atoms with van der Waals surface area (Å²) in [6, 6.07) is 20.2. The van der Waals surface area contributed by atoms with Gasteiger partial charge in [0.1, 0.15) is 23.5 Å². The highest BCUT2D eigenvalue weighted by Gasteiger charge is 2.36. The van der Waals surface area contributed by atoms with Gasteiger partial charge in [0.15, 0.2) is 0 Å². The second-order valence-electron chi connectivity index (χ2n) is 9.22. The fraction of sp³-hybridized carbons (Fsp3) is 0.296. The van der Waals surface area contributed by atoms with Crippen molar-refractivity contribution < 1.29 is 23.9 Å². The van der Waals surface area contributed by atoms with Crippen LogP contribution in [0.1, 0.15) is 38.9 Å². The van der Waals surface area contributed by atoms with E-state index in [1.807, 2.05) is 75.4 Å². The molecule has 0 radical (unpaired) electrons. The number of nitrogens with one attached hydrogen (secondary N) is 2. The van der Waals surface area contributed by atoms with E-state index in [1.54, 1.807) is 12.1 Å². The third-order valence-corrected chi connectivity index (χ3v) is 5.60. The number of carbonyl (C=O) groups is 3. The molecule has 1 aromatic heterocycles. The van der Waals surface area contributed by atoms with E-state index in [0.717, 1.165) is 16.7 Å². The van der Waals surface area contributed by atoms with Crippen molar-refractivity contribution in [3.8, 4) is 22.5 Å². The van der Waals surface area contributed by atoms with E-state index in [0.29, 0.717) is 5.76 Å². The van der Waals surface area contributed by atoms with Gasteiger partial charge < -0.3 is 20.2 Å². The minimum absolute atomic E-state index is 0.228. The molecule has 3 aromatic rings. The molecule has 3 N–H and O–H groups in total. The molecule has 2 atom stereocenters. The maximum absolute atomic E-state index is 13.1. The Labute approximate surface area is 199 Å². The first-order valence-corrected chi connectivity index (χ1v) is 11.1. The van der Waals surface area contributed by atoms with Crippen LogP contribution in [0, 0.1) is 5.41 Å². The first kappa shape index (κ1) is 24.8. The zero-order valence-electron chi connectivity index (χ0n) is 19.8. The van der Waals surface area contributed by atoms with Gasteiger partial charge in [0.05, 0.1) is 6.42 Å². The molecule has 1 heterocycles. The summed E-state index contributed by atoms with van der Waals surface area (Å²) in [6.07, 6.45) is -0.462. The largest absolute Gasteiger partial charge is 0.481 e. The number of carbonyl (C=O) groups excluding carboxylic acids is 2. The molecule has 2 unspecified atom stereocenters. The summed E-state index contributed by atoms with van der Waals surface area (Å²) in [6.45, 7) is 5.47. The molecular formula is C27H30N2O5. The van der Waals surface area contributed by atoms with Crippen molar-refractivity contribution >= 4 is 17.8 Å². The SMILES string of the molecule is CNC(=O)C(NC(=O)C(CC(=O)O)c1ccc(-c2ccc(-c3ccccc3)cc2)o1)C(C)(C)C. The third-order valence-electron chi connectivity index (χ3n) is 5.60. The van der Waals surface area contributed by atoms with Crippen molar-refractivity contribution in [1.29, 1.82) is 0 Å². The van der Waals surface area contributed by atoms with Crippen LogP contribution < -0.4 is 10.6 Å². The van der Waals surface area contributed by atoms with E-state index < -0.39 is 35.7 Å². The summed E-state index contributed by atoms with van der Waals surface area (Å²) >= 11 is 0. The predicted molar refractivity (Wildman–Crippen MR) is 130 cm³/mol. The normalized spacial score (nSPS) is 13.1. The van der Waals surface area contributed by atoms with Gasteiger partial charge in [-0.25, -0.2) is 0 Å². The van der Waals surface area contributed by atoms with Crippen LogP contribution in [0.2, 0.25) is 0 Å². The molecule has 0 aliphatic heterocycles. The van der Waals surface area contributed by atoms with Crippen LogP contribution in [0.25, 0.3) is 22.5 Å². The molecule has 2 aromatic carbocycles. The molecule has 0 bridgehead atoms. The van der Waals surface area contributed by atoms with Crippen LogP contribution in [-0.4, -0.2) is 36.0 Å². The van der Waals surface area contributed by atoms with Crippen molar-refractivity contribution in [3.05, 3.63) is 72.5 Å². The van der Waals surface area contributed by atoms with E-state index in [1.165, 1.54) is 7.05 Å². The lowest BCUT2D eigenvalue weighted by molar-refractivity contribution is -0.140. The highest BCUT2D eigenvalue weighted by atomic mass is 16.4. The van der Waals surface area contributed by atoms with Crippen LogP contribution in [0.15, 0.2) is 71.1 Å². The average Bonchev–Trinajstić information content (AvgIpc) is 3.30. The van der Waals surface area contributed by atoms with Gasteiger partial charge in [-0.3, -0.25) is 14.4 Å². The van der Waals surface area contributed by atoms with E-state index in [4.69, 9.17) is 4.42 Å². The van der Waals surface area contributed by atoms with Crippen LogP contribution in [0.4, 0.5) is 0 Å². The van der Waals surface area contributed by atoms with Crippen LogP contribution >= 0.6 is 0 Å². The zero-order chi connectivity index (χ0) is 24.9. The first-order chi connectivity index (χ1) is 16.1. The fourth-order valence-electron chi connectivity index (χ4n) is 3.71. The molecule has 0 saturated carbocycles. The topological polar surface area (TPSA) is 109 Å². The second-order valence-corrected chi connectivity index (χ2v) is 9.22. The monoisotopic (exact) mass is 462 g/mol. The van der Waals surface area contributed by atoms with Gasteiger partial charge in [-0.05, 0) is 28.7 Å². The number of aliphatic carboxylic acids is 1. The van der Waals surface area contributed by atoms with Crippen molar-refractivity contribution in [2.75, 3.05) is 7.05 Å². The van der Waals surface area contributed by atoms with Crippen molar-refractivity contribution in [1.82, 2.24) is 10.6 Å². The molecule has 0 aliphatic carbocycles. The lowest BCUT2D eigenvalue weighted by Gasteiger charge is -2.30. The van der Waals surface area contributed by atoms with Crippen LogP contribution in [0.5, 0.6) is 0 Å². The first-order valence-electron chi connectivity index (χ1n) is 11.1. The van der Waals surface area contributed by atoms with Gasteiger partial charge in [0, 0.05) is 12.6 Å². The average molecular weight is 463 g/mol. The highest BCUT2D eigenvalue weighted by molar-refractivity contribution is 5.92. The molecule has 7 nitrogen and oxygen atoms in total. The number of likely N-dealkylation sites (N-methyl/N-ethyl adjacent to an activating group) is 1. The number of hydrogen-bond donors (Lipinski definition) is 3. The Morgan fingerprint density at radius 2 is 1.44 bits per heavy atom. The van der Waals surface area contributed by atoms with E-state index >= 15 is 0 Å². The summed E-state index contributed by atoms with van der Waals surface area (Å²) in [4.78, 5) is 36.9. The van der Waals surface area contributed by atoms with Gasteiger partial charge >= 0.3 is 5.97 Å². The Morgan fingerprint density at radius 1 is 0.853 bits per heavy atom. The van der Waals surface area contributed by atoms with Gasteiger partial charge in [-0.1, -0.05) is 75.4 Å². The Hall–Kier alpha value is -3.87. The fourth-order valence-corrected chi connectivity index (χ4v) is 3.71. The molecule has 178 valence electrons. The number of furan rings is 1. The molecule has 0 aliphatic rings. The van der Waals surface area contributed by atoms with Gasteiger partial charge in [-0.2, -0.15) is 0 Å². The van der Waals surface area contributed by atoms with E-state index in [2.05, 4.69) is 10.6 Å². The second kappa shape index (κ2) is 10.4. The molecule has 34 heavy (non-hydrogen) atoms. The summed E-state index contributed by atoms with van der Waals surface area (Å²) in [5.74, 6) is -2.40. The molecule has 0 spiro atoms. The Kier molecular flexibility index (Phi) is 7.56. The Morgan fingerprint density at radius 3 is 2.00 bits per heavy atom. The zero-order valence-corrected chi connectivity index (χ0v) is 19.8. The molecule has 3 rings (SSSR count). The van der Waals surface area contributed by atoms with Gasteiger partial charge in [-0.15, -0.1) is 0 Å². The van der Waals surface area contributed by atoms with Crippen molar-refractivity contribution in [3.63, 3.8) is 0 Å². The lowest BCUT2D eigenvalue weighted by Crippen LogP contribution is -2.54. The molecule has 0 saturated heterocycles. The van der Waals surface area contributed by atoms with Crippen molar-refractivity contribution in [2.45, 2.75) is 39.2 Å². The lowest BCUT2D eigenvalue weighted by atomic mass is 9.85.